The topological polar surface area (TPSA) is 129 Å². The number of nitrogens with one attached hydrogen (secondary N) is 1. The van der Waals surface area contributed by atoms with E-state index in [1.807, 2.05) is 0 Å². The zero-order valence-corrected chi connectivity index (χ0v) is 18.4. The van der Waals surface area contributed by atoms with Gasteiger partial charge in [-0.1, -0.05) is 0 Å². The first-order chi connectivity index (χ1) is 15.0. The van der Waals surface area contributed by atoms with Gasteiger partial charge in [-0.15, -0.1) is 11.3 Å². The second kappa shape index (κ2) is 9.17. The molecule has 1 aliphatic heterocycles. The number of benzene rings is 1. The molecule has 0 radical (unpaired) electrons. The van der Waals surface area contributed by atoms with Gasteiger partial charge in [0.15, 0.2) is 9.84 Å². The van der Waals surface area contributed by atoms with Crippen molar-refractivity contribution in [3.63, 3.8) is 0 Å². The third-order valence-corrected chi connectivity index (χ3v) is 7.33. The fourth-order valence-electron chi connectivity index (χ4n) is 3.05. The fraction of sp³-hybridized carbons (Fsp3) is 0.368. The summed E-state index contributed by atoms with van der Waals surface area (Å²) < 4.78 is 57.0. The molecule has 13 heteroatoms. The van der Waals surface area contributed by atoms with Crippen LogP contribution in [0.15, 0.2) is 34.5 Å². The molecule has 2 aromatic rings. The quantitative estimate of drug-likeness (QED) is 0.632. The van der Waals surface area contributed by atoms with Crippen molar-refractivity contribution in [1.29, 1.82) is 5.26 Å². The highest BCUT2D eigenvalue weighted by Crippen LogP contribution is 2.31. The number of carbonyl (C=O) groups excluding carboxylic acids is 2. The third-order valence-electron chi connectivity index (χ3n) is 4.66. The molecule has 9 nitrogen and oxygen atoms in total. The van der Waals surface area contributed by atoms with Crippen molar-refractivity contribution in [3.05, 3.63) is 40.3 Å². The lowest BCUT2D eigenvalue weighted by Gasteiger charge is -2.19. The fourth-order valence-corrected chi connectivity index (χ4v) is 5.46. The van der Waals surface area contributed by atoms with Gasteiger partial charge < -0.3 is 15.0 Å². The predicted molar refractivity (Wildman–Crippen MR) is 109 cm³/mol. The molecule has 0 saturated carbocycles. The first kappa shape index (κ1) is 23.6. The highest BCUT2D eigenvalue weighted by molar-refractivity contribution is 7.90. The highest BCUT2D eigenvalue weighted by Gasteiger charge is 2.47. The first-order valence-corrected chi connectivity index (χ1v) is 11.7. The molecule has 0 bridgehead atoms. The average Bonchev–Trinajstić information content (AvgIpc) is 3.34. The van der Waals surface area contributed by atoms with E-state index in [1.165, 1.54) is 36.8 Å². The lowest BCUT2D eigenvalue weighted by Crippen LogP contribution is -2.43. The normalized spacial score (nSPS) is 17.6. The summed E-state index contributed by atoms with van der Waals surface area (Å²) in [4.78, 5) is 29.2. The van der Waals surface area contributed by atoms with Crippen LogP contribution in [0.25, 0.3) is 0 Å². The summed E-state index contributed by atoms with van der Waals surface area (Å²) >= 11 is 0.957. The van der Waals surface area contributed by atoms with Crippen molar-refractivity contribution >= 4 is 33.0 Å². The number of sulfone groups is 1. The molecule has 2 amide bonds. The van der Waals surface area contributed by atoms with Gasteiger partial charge in [0.1, 0.15) is 28.2 Å². The molecule has 170 valence electrons. The molecule has 1 aromatic carbocycles. The summed E-state index contributed by atoms with van der Waals surface area (Å²) in [6.07, 6.45) is -0.749. The van der Waals surface area contributed by atoms with E-state index in [4.69, 9.17) is 10.00 Å². The summed E-state index contributed by atoms with van der Waals surface area (Å²) in [6.45, 7) is -1.48. The molecule has 1 saturated heterocycles. The third kappa shape index (κ3) is 5.38. The molecule has 1 atom stereocenters. The van der Waals surface area contributed by atoms with Crippen molar-refractivity contribution in [3.8, 4) is 11.8 Å². The first-order valence-electron chi connectivity index (χ1n) is 9.21. The number of hydrogen-bond acceptors (Lipinski definition) is 8. The number of rotatable bonds is 7. The van der Waals surface area contributed by atoms with Crippen LogP contribution in [0, 0.1) is 11.3 Å². The van der Waals surface area contributed by atoms with E-state index < -0.39 is 58.9 Å². The van der Waals surface area contributed by atoms with Gasteiger partial charge in [-0.05, 0) is 24.3 Å². The Morgan fingerprint density at radius 2 is 2.06 bits per heavy atom. The number of carbonyl (C=O) groups is 2. The highest BCUT2D eigenvalue weighted by atomic mass is 32.2. The SMILES string of the molecule is COc1ccc(S(=O)(=O)Cc2nc(C(=O)NCC(=O)N3CC(F)(F)C[C@H]3C#N)cs2)cc1. The molecular weight excluding hydrogens is 466 g/mol. The van der Waals surface area contributed by atoms with Crippen molar-refractivity contribution in [2.45, 2.75) is 29.0 Å². The molecule has 1 aliphatic rings. The van der Waals surface area contributed by atoms with Crippen molar-refractivity contribution in [2.24, 2.45) is 0 Å². The molecule has 0 spiro atoms. The lowest BCUT2D eigenvalue weighted by atomic mass is 10.2. The van der Waals surface area contributed by atoms with Gasteiger partial charge in [-0.25, -0.2) is 22.2 Å². The monoisotopic (exact) mass is 484 g/mol. The Kier molecular flexibility index (Phi) is 6.75. The second-order valence-corrected chi connectivity index (χ2v) is 9.90. The van der Waals surface area contributed by atoms with E-state index in [0.29, 0.717) is 5.75 Å². The lowest BCUT2D eigenvalue weighted by molar-refractivity contribution is -0.131. The minimum atomic E-state index is -3.71. The zero-order valence-electron chi connectivity index (χ0n) is 16.7. The Bertz CT molecular complexity index is 1160. The molecule has 1 fully saturated rings. The van der Waals surface area contributed by atoms with Crippen LogP contribution in [0.2, 0.25) is 0 Å². The molecular formula is C19H18F2N4O5S2. The number of halogens is 2. The number of methoxy groups -OCH3 is 1. The number of nitriles is 1. The van der Waals surface area contributed by atoms with E-state index >= 15 is 0 Å². The molecule has 0 aliphatic carbocycles. The van der Waals surface area contributed by atoms with E-state index in [-0.39, 0.29) is 15.6 Å². The Morgan fingerprint density at radius 3 is 2.69 bits per heavy atom. The summed E-state index contributed by atoms with van der Waals surface area (Å²) in [7, 11) is -2.25. The standard InChI is InChI=1S/C19H18F2N4O5S2/c1-30-13-2-4-14(5-3-13)32(28,29)10-16-24-15(9-31-16)18(27)23-8-17(26)25-11-19(20,21)6-12(25)7-22/h2-5,9,12H,6,8,10-11H2,1H3,(H,23,27)/t12-/m0/s1. The van der Waals surface area contributed by atoms with E-state index in [9.17, 15) is 26.8 Å². The molecule has 3 rings (SSSR count). The number of likely N-dealkylation sites (tertiary alicyclic amines) is 1. The van der Waals surface area contributed by atoms with Gasteiger partial charge >= 0.3 is 0 Å². The number of nitrogens with zero attached hydrogens (tertiary/aromatic N) is 3. The average molecular weight is 485 g/mol. The molecule has 2 heterocycles. The Hall–Kier alpha value is -3.11. The van der Waals surface area contributed by atoms with E-state index in [1.54, 1.807) is 6.07 Å². The zero-order chi connectivity index (χ0) is 23.5. The van der Waals surface area contributed by atoms with Crippen LogP contribution in [-0.4, -0.2) is 62.3 Å². The van der Waals surface area contributed by atoms with Gasteiger partial charge in [0.05, 0.1) is 31.2 Å². The van der Waals surface area contributed by atoms with Crippen LogP contribution < -0.4 is 10.1 Å². The molecule has 32 heavy (non-hydrogen) atoms. The smallest absolute Gasteiger partial charge is 0.271 e. The summed E-state index contributed by atoms with van der Waals surface area (Å²) in [5.74, 6) is -4.66. The Balaban J connectivity index is 1.59. The largest absolute Gasteiger partial charge is 0.497 e. The number of hydrogen-bond donors (Lipinski definition) is 1. The minimum absolute atomic E-state index is 0.0690. The van der Waals surface area contributed by atoms with Crippen molar-refractivity contribution in [2.75, 3.05) is 20.2 Å². The molecule has 1 N–H and O–H groups in total. The maximum Gasteiger partial charge on any atom is 0.271 e. The van der Waals surface area contributed by atoms with Gasteiger partial charge in [0.25, 0.3) is 11.8 Å². The van der Waals surface area contributed by atoms with Crippen LogP contribution in [-0.2, 0) is 20.4 Å². The van der Waals surface area contributed by atoms with Crippen LogP contribution in [0.3, 0.4) is 0 Å². The maximum absolute atomic E-state index is 13.5. The van der Waals surface area contributed by atoms with Crippen molar-refractivity contribution in [1.82, 2.24) is 15.2 Å². The summed E-state index contributed by atoms with van der Waals surface area (Å²) in [5, 5.41) is 12.7. The van der Waals surface area contributed by atoms with Gasteiger partial charge in [0.2, 0.25) is 5.91 Å². The minimum Gasteiger partial charge on any atom is -0.497 e. The van der Waals surface area contributed by atoms with Gasteiger partial charge in [-0.3, -0.25) is 9.59 Å². The number of thiazole rings is 1. The predicted octanol–water partition coefficient (Wildman–Crippen LogP) is 1.62. The van der Waals surface area contributed by atoms with Crippen molar-refractivity contribution < 1.29 is 31.5 Å². The number of amides is 2. The molecule has 0 unspecified atom stereocenters. The number of alkyl halides is 2. The number of ether oxygens (including phenoxy) is 1. The van der Waals surface area contributed by atoms with E-state index in [2.05, 4.69) is 10.3 Å². The second-order valence-electron chi connectivity index (χ2n) is 6.97. The Morgan fingerprint density at radius 1 is 1.38 bits per heavy atom. The maximum atomic E-state index is 13.5. The van der Waals surface area contributed by atoms with E-state index in [0.717, 1.165) is 16.2 Å². The van der Waals surface area contributed by atoms with Gasteiger partial charge in [-0.2, -0.15) is 5.26 Å². The summed E-state index contributed by atoms with van der Waals surface area (Å²) in [5.41, 5.74) is -0.105. The van der Waals surface area contributed by atoms with Gasteiger partial charge in [0, 0.05) is 11.8 Å². The molecule has 1 aromatic heterocycles. The Labute approximate surface area is 186 Å². The number of aromatic nitrogens is 1. The van der Waals surface area contributed by atoms with Crippen LogP contribution >= 0.6 is 11.3 Å². The van der Waals surface area contributed by atoms with Crippen LogP contribution in [0.1, 0.15) is 21.9 Å². The summed E-state index contributed by atoms with van der Waals surface area (Å²) in [6, 6.07) is 6.22. The van der Waals surface area contributed by atoms with Crippen LogP contribution in [0.4, 0.5) is 8.78 Å². The van der Waals surface area contributed by atoms with Crippen LogP contribution in [0.5, 0.6) is 5.75 Å².